The average Bonchev–Trinajstić information content (AvgIpc) is 2.96. The fourth-order valence-corrected chi connectivity index (χ4v) is 4.21. The van der Waals surface area contributed by atoms with Crippen molar-refractivity contribution in [1.82, 2.24) is 9.97 Å². The number of aromatic nitrogens is 2. The SMILES string of the molecule is CCc1cc2c(N/N=C\c3cc(Br)cc(Br)c3O)ncnc2s1. The molecule has 5 nitrogen and oxygen atoms in total. The summed E-state index contributed by atoms with van der Waals surface area (Å²) in [5.74, 6) is 0.783. The van der Waals surface area contributed by atoms with Gasteiger partial charge >= 0.3 is 0 Å². The van der Waals surface area contributed by atoms with E-state index < -0.39 is 0 Å². The Balaban J connectivity index is 1.87. The summed E-state index contributed by atoms with van der Waals surface area (Å²) >= 11 is 8.33. The second-order valence-electron chi connectivity index (χ2n) is 4.70. The standard InChI is InChI=1S/C15H12Br2N4OS/c1-2-10-5-11-14(18-7-19-15(11)23-10)21-20-6-8-3-9(16)4-12(17)13(8)22/h3-7,22H,2H2,1H3,(H,18,19,21)/b20-6-. The normalized spacial score (nSPS) is 11.4. The topological polar surface area (TPSA) is 70.4 Å². The highest BCUT2D eigenvalue weighted by Crippen LogP contribution is 2.31. The highest BCUT2D eigenvalue weighted by atomic mass is 79.9. The molecule has 3 aromatic rings. The fraction of sp³-hybridized carbons (Fsp3) is 0.133. The van der Waals surface area contributed by atoms with Gasteiger partial charge in [0, 0.05) is 14.9 Å². The minimum atomic E-state index is 0.135. The Bertz CT molecular complexity index is 895. The van der Waals surface area contributed by atoms with E-state index in [2.05, 4.69) is 65.3 Å². The molecule has 2 N–H and O–H groups in total. The number of benzene rings is 1. The maximum atomic E-state index is 10.0. The van der Waals surface area contributed by atoms with Crippen molar-refractivity contribution >= 4 is 65.4 Å². The van der Waals surface area contributed by atoms with Gasteiger partial charge in [0.15, 0.2) is 5.82 Å². The van der Waals surface area contributed by atoms with E-state index in [4.69, 9.17) is 0 Å². The van der Waals surface area contributed by atoms with Crippen LogP contribution in [0.15, 0.2) is 38.6 Å². The fourth-order valence-electron chi connectivity index (χ4n) is 2.02. The molecule has 3 rings (SSSR count). The van der Waals surface area contributed by atoms with E-state index >= 15 is 0 Å². The van der Waals surface area contributed by atoms with Crippen molar-refractivity contribution in [2.75, 3.05) is 5.43 Å². The van der Waals surface area contributed by atoms with Gasteiger partial charge < -0.3 is 5.11 Å². The van der Waals surface area contributed by atoms with E-state index in [-0.39, 0.29) is 5.75 Å². The Morgan fingerprint density at radius 1 is 1.30 bits per heavy atom. The molecule has 0 aliphatic carbocycles. The van der Waals surface area contributed by atoms with Crippen molar-refractivity contribution in [3.8, 4) is 5.75 Å². The van der Waals surface area contributed by atoms with Crippen molar-refractivity contribution in [3.05, 3.63) is 43.9 Å². The quantitative estimate of drug-likeness (QED) is 0.432. The number of thiophene rings is 1. The molecule has 2 aromatic heterocycles. The molecule has 0 saturated heterocycles. The molecule has 0 bridgehead atoms. The number of fused-ring (bicyclic) bond motifs is 1. The number of phenols is 1. The number of rotatable bonds is 4. The summed E-state index contributed by atoms with van der Waals surface area (Å²) in [5.41, 5.74) is 3.51. The molecule has 0 atom stereocenters. The zero-order chi connectivity index (χ0) is 16.4. The Morgan fingerprint density at radius 3 is 2.91 bits per heavy atom. The highest BCUT2D eigenvalue weighted by Gasteiger charge is 2.08. The summed E-state index contributed by atoms with van der Waals surface area (Å²) in [6.07, 6.45) is 4.03. The van der Waals surface area contributed by atoms with Crippen molar-refractivity contribution in [3.63, 3.8) is 0 Å². The number of hydrogen-bond donors (Lipinski definition) is 2. The van der Waals surface area contributed by atoms with E-state index in [0.29, 0.717) is 15.9 Å². The van der Waals surface area contributed by atoms with Gasteiger partial charge in [-0.1, -0.05) is 22.9 Å². The van der Waals surface area contributed by atoms with Crippen LogP contribution in [-0.4, -0.2) is 21.3 Å². The number of phenolic OH excluding ortho intramolecular Hbond substituents is 1. The zero-order valence-corrected chi connectivity index (χ0v) is 16.0. The third-order valence-corrected chi connectivity index (χ3v) is 5.41. The molecule has 1 aromatic carbocycles. The predicted octanol–water partition coefficient (Wildman–Crippen LogP) is 4.93. The number of nitrogens with zero attached hydrogens (tertiary/aromatic N) is 3. The summed E-state index contributed by atoms with van der Waals surface area (Å²) in [4.78, 5) is 10.7. The van der Waals surface area contributed by atoms with E-state index in [1.165, 1.54) is 11.2 Å². The lowest BCUT2D eigenvalue weighted by Crippen LogP contribution is -1.95. The molecule has 0 fully saturated rings. The minimum absolute atomic E-state index is 0.135. The number of anilines is 1. The monoisotopic (exact) mass is 454 g/mol. The van der Waals surface area contributed by atoms with Gasteiger partial charge in [-0.3, -0.25) is 5.43 Å². The maximum absolute atomic E-state index is 10.0. The first-order chi connectivity index (χ1) is 11.1. The van der Waals surface area contributed by atoms with Crippen LogP contribution in [0.5, 0.6) is 5.75 Å². The molecular formula is C15H12Br2N4OS. The molecular weight excluding hydrogens is 444 g/mol. The van der Waals surface area contributed by atoms with Crippen LogP contribution in [-0.2, 0) is 6.42 Å². The Kier molecular flexibility index (Phi) is 4.93. The number of nitrogens with one attached hydrogen (secondary N) is 1. The Hall–Kier alpha value is -1.51. The maximum Gasteiger partial charge on any atom is 0.158 e. The molecule has 0 spiro atoms. The summed E-state index contributed by atoms with van der Waals surface area (Å²) in [6.45, 7) is 2.11. The van der Waals surface area contributed by atoms with Crippen LogP contribution in [0.1, 0.15) is 17.4 Å². The van der Waals surface area contributed by atoms with E-state index in [0.717, 1.165) is 21.1 Å². The second-order valence-corrected chi connectivity index (χ2v) is 7.59. The summed E-state index contributed by atoms with van der Waals surface area (Å²) in [6, 6.07) is 5.62. The first kappa shape index (κ1) is 16.4. The molecule has 2 heterocycles. The molecule has 0 aliphatic heterocycles. The van der Waals surface area contributed by atoms with Crippen LogP contribution in [0.4, 0.5) is 5.82 Å². The molecule has 0 saturated carbocycles. The largest absolute Gasteiger partial charge is 0.506 e. The van der Waals surface area contributed by atoms with Gasteiger partial charge in [-0.15, -0.1) is 11.3 Å². The van der Waals surface area contributed by atoms with Gasteiger partial charge in [-0.25, -0.2) is 9.97 Å². The van der Waals surface area contributed by atoms with Gasteiger partial charge in [0.05, 0.1) is 16.1 Å². The molecule has 0 radical (unpaired) electrons. The van der Waals surface area contributed by atoms with Crippen molar-refractivity contribution in [2.45, 2.75) is 13.3 Å². The van der Waals surface area contributed by atoms with Crippen molar-refractivity contribution < 1.29 is 5.11 Å². The molecule has 118 valence electrons. The lowest BCUT2D eigenvalue weighted by molar-refractivity contribution is 0.471. The summed E-state index contributed by atoms with van der Waals surface area (Å²) in [5, 5.41) is 15.1. The third kappa shape index (κ3) is 3.54. The van der Waals surface area contributed by atoms with Crippen molar-refractivity contribution in [2.24, 2.45) is 5.10 Å². The molecule has 23 heavy (non-hydrogen) atoms. The van der Waals surface area contributed by atoms with Gasteiger partial charge in [0.25, 0.3) is 0 Å². The second kappa shape index (κ2) is 6.94. The molecule has 8 heteroatoms. The Labute approximate surface area is 153 Å². The van der Waals surface area contributed by atoms with Gasteiger partial charge in [-0.05, 0) is 40.5 Å². The third-order valence-electron chi connectivity index (χ3n) is 3.16. The van der Waals surface area contributed by atoms with Crippen LogP contribution >= 0.6 is 43.2 Å². The summed E-state index contributed by atoms with van der Waals surface area (Å²) < 4.78 is 1.45. The summed E-state index contributed by atoms with van der Waals surface area (Å²) in [7, 11) is 0. The van der Waals surface area contributed by atoms with E-state index in [1.807, 2.05) is 0 Å². The van der Waals surface area contributed by atoms with Crippen molar-refractivity contribution in [1.29, 1.82) is 0 Å². The average molecular weight is 456 g/mol. The lowest BCUT2D eigenvalue weighted by Gasteiger charge is -2.03. The molecule has 0 unspecified atom stereocenters. The predicted molar refractivity (Wildman–Crippen MR) is 102 cm³/mol. The van der Waals surface area contributed by atoms with Crippen LogP contribution in [0.2, 0.25) is 0 Å². The first-order valence-electron chi connectivity index (χ1n) is 6.79. The number of hydrogen-bond acceptors (Lipinski definition) is 6. The molecule has 0 amide bonds. The zero-order valence-electron chi connectivity index (χ0n) is 12.0. The minimum Gasteiger partial charge on any atom is -0.506 e. The smallest absolute Gasteiger partial charge is 0.158 e. The van der Waals surface area contributed by atoms with E-state index in [1.54, 1.807) is 29.7 Å². The van der Waals surface area contributed by atoms with Gasteiger partial charge in [0.2, 0.25) is 0 Å². The number of aryl methyl sites for hydroxylation is 1. The highest BCUT2D eigenvalue weighted by molar-refractivity contribution is 9.11. The van der Waals surface area contributed by atoms with Crippen LogP contribution in [0.3, 0.4) is 0 Å². The van der Waals surface area contributed by atoms with Crippen LogP contribution in [0, 0.1) is 0 Å². The number of aromatic hydroxyl groups is 1. The lowest BCUT2D eigenvalue weighted by atomic mass is 10.2. The van der Waals surface area contributed by atoms with Crippen LogP contribution < -0.4 is 5.43 Å². The van der Waals surface area contributed by atoms with Gasteiger partial charge in [-0.2, -0.15) is 5.10 Å². The molecule has 0 aliphatic rings. The van der Waals surface area contributed by atoms with Gasteiger partial charge in [0.1, 0.15) is 16.9 Å². The number of hydrazone groups is 1. The number of halogens is 2. The van der Waals surface area contributed by atoms with E-state index in [9.17, 15) is 5.11 Å². The first-order valence-corrected chi connectivity index (χ1v) is 9.19. The Morgan fingerprint density at radius 2 is 2.13 bits per heavy atom. The van der Waals surface area contributed by atoms with Crippen LogP contribution in [0.25, 0.3) is 10.2 Å².